The van der Waals surface area contributed by atoms with E-state index in [0.29, 0.717) is 18.0 Å². The maximum absolute atomic E-state index is 5.58. The highest BCUT2D eigenvalue weighted by Crippen LogP contribution is 2.48. The molecule has 2 aliphatic rings. The third-order valence-electron chi connectivity index (χ3n) is 6.05. The van der Waals surface area contributed by atoms with E-state index in [0.717, 1.165) is 37.5 Å². The summed E-state index contributed by atoms with van der Waals surface area (Å²) in [5.74, 6) is 2.05. The molecule has 3 atom stereocenters. The van der Waals surface area contributed by atoms with Crippen molar-refractivity contribution >= 4 is 0 Å². The molecule has 0 unspecified atom stereocenters. The van der Waals surface area contributed by atoms with Crippen LogP contribution in [-0.4, -0.2) is 37.2 Å². The SMILES string of the molecule is c1ccc([C@@H]2C[C@H](c3noc(CCCn4ccnc4)n3)[C@H]3CCCN32)cc1. The molecule has 2 aliphatic heterocycles. The first-order valence-corrected chi connectivity index (χ1v) is 9.97. The summed E-state index contributed by atoms with van der Waals surface area (Å²) < 4.78 is 7.66. The van der Waals surface area contributed by atoms with Gasteiger partial charge < -0.3 is 9.09 Å². The molecule has 0 spiro atoms. The Morgan fingerprint density at radius 1 is 1.19 bits per heavy atom. The van der Waals surface area contributed by atoms with Crippen molar-refractivity contribution in [3.8, 4) is 0 Å². The lowest BCUT2D eigenvalue weighted by molar-refractivity contribution is 0.243. The standard InChI is InChI=1S/C21H25N5O/c1-2-6-16(7-3-1)19-14-17(18-8-4-12-26(18)19)21-23-20(27-24-21)9-5-11-25-13-10-22-15-25/h1-3,6-7,10,13,15,17-19H,4-5,8-9,11-12,14H2/t17-,18+,19-/m0/s1. The van der Waals surface area contributed by atoms with Gasteiger partial charge in [0.15, 0.2) is 5.82 Å². The van der Waals surface area contributed by atoms with Crippen LogP contribution in [-0.2, 0) is 13.0 Å². The van der Waals surface area contributed by atoms with Crippen molar-refractivity contribution in [1.29, 1.82) is 0 Å². The van der Waals surface area contributed by atoms with Gasteiger partial charge in [-0.15, -0.1) is 0 Å². The van der Waals surface area contributed by atoms with E-state index in [1.807, 2.05) is 12.5 Å². The highest BCUT2D eigenvalue weighted by molar-refractivity contribution is 5.24. The molecule has 0 saturated carbocycles. The highest BCUT2D eigenvalue weighted by Gasteiger charge is 2.46. The molecule has 140 valence electrons. The Balaban J connectivity index is 1.28. The molecule has 0 aliphatic carbocycles. The number of aromatic nitrogens is 4. The Bertz CT molecular complexity index is 860. The zero-order valence-corrected chi connectivity index (χ0v) is 15.4. The summed E-state index contributed by atoms with van der Waals surface area (Å²) in [6.45, 7) is 2.10. The summed E-state index contributed by atoms with van der Waals surface area (Å²) in [5.41, 5.74) is 1.41. The molecule has 0 bridgehead atoms. The molecule has 5 rings (SSSR count). The largest absolute Gasteiger partial charge is 0.339 e. The molecular formula is C21H25N5O. The van der Waals surface area contributed by atoms with E-state index in [9.17, 15) is 0 Å². The van der Waals surface area contributed by atoms with Crippen LogP contribution in [0.4, 0.5) is 0 Å². The Morgan fingerprint density at radius 2 is 2.11 bits per heavy atom. The van der Waals surface area contributed by atoms with Crippen LogP contribution in [0.3, 0.4) is 0 Å². The molecule has 6 heteroatoms. The number of fused-ring (bicyclic) bond motifs is 1. The van der Waals surface area contributed by atoms with Gasteiger partial charge >= 0.3 is 0 Å². The third-order valence-corrected chi connectivity index (χ3v) is 6.05. The fourth-order valence-electron chi connectivity index (χ4n) is 4.80. The van der Waals surface area contributed by atoms with Crippen molar-refractivity contribution in [2.24, 2.45) is 0 Å². The highest BCUT2D eigenvalue weighted by atomic mass is 16.5. The minimum Gasteiger partial charge on any atom is -0.339 e. The first-order chi connectivity index (χ1) is 13.4. The van der Waals surface area contributed by atoms with Crippen molar-refractivity contribution in [3.63, 3.8) is 0 Å². The van der Waals surface area contributed by atoms with Crippen molar-refractivity contribution in [3.05, 3.63) is 66.3 Å². The molecule has 27 heavy (non-hydrogen) atoms. The van der Waals surface area contributed by atoms with E-state index < -0.39 is 0 Å². The zero-order valence-electron chi connectivity index (χ0n) is 15.4. The predicted octanol–water partition coefficient (Wildman–Crippen LogP) is 3.59. The van der Waals surface area contributed by atoms with Gasteiger partial charge in [0, 0.05) is 43.4 Å². The predicted molar refractivity (Wildman–Crippen MR) is 101 cm³/mol. The molecule has 2 saturated heterocycles. The third kappa shape index (κ3) is 3.30. The quantitative estimate of drug-likeness (QED) is 0.670. The van der Waals surface area contributed by atoms with Gasteiger partial charge in [0.2, 0.25) is 5.89 Å². The van der Waals surface area contributed by atoms with E-state index in [-0.39, 0.29) is 0 Å². The van der Waals surface area contributed by atoms with Gasteiger partial charge in [0.05, 0.1) is 6.33 Å². The number of aryl methyl sites for hydroxylation is 2. The Hall–Kier alpha value is -2.47. The molecule has 0 radical (unpaired) electrons. The van der Waals surface area contributed by atoms with Crippen molar-refractivity contribution in [1.82, 2.24) is 24.6 Å². The number of benzene rings is 1. The van der Waals surface area contributed by atoms with E-state index in [1.165, 1.54) is 24.9 Å². The second-order valence-corrected chi connectivity index (χ2v) is 7.67. The molecule has 1 aromatic carbocycles. The van der Waals surface area contributed by atoms with Crippen LogP contribution in [0.2, 0.25) is 0 Å². The second-order valence-electron chi connectivity index (χ2n) is 7.67. The molecule has 3 aromatic rings. The molecule has 2 aromatic heterocycles. The van der Waals surface area contributed by atoms with Crippen LogP contribution in [0, 0.1) is 0 Å². The smallest absolute Gasteiger partial charge is 0.226 e. The lowest BCUT2D eigenvalue weighted by atomic mass is 9.94. The lowest BCUT2D eigenvalue weighted by Crippen LogP contribution is -2.27. The van der Waals surface area contributed by atoms with Gasteiger partial charge in [0.25, 0.3) is 0 Å². The van der Waals surface area contributed by atoms with Crippen molar-refractivity contribution < 1.29 is 4.52 Å². The zero-order chi connectivity index (χ0) is 18.1. The van der Waals surface area contributed by atoms with Crippen LogP contribution < -0.4 is 0 Å². The average Bonchev–Trinajstić information content (AvgIpc) is 3.47. The van der Waals surface area contributed by atoms with Crippen LogP contribution in [0.25, 0.3) is 0 Å². The number of rotatable bonds is 6. The molecule has 2 fully saturated rings. The van der Waals surface area contributed by atoms with Gasteiger partial charge in [-0.1, -0.05) is 35.5 Å². The first-order valence-electron chi connectivity index (χ1n) is 9.97. The molecule has 4 heterocycles. The van der Waals surface area contributed by atoms with Crippen molar-refractivity contribution in [2.45, 2.75) is 56.7 Å². The fraction of sp³-hybridized carbons (Fsp3) is 0.476. The number of imidazole rings is 1. The summed E-state index contributed by atoms with van der Waals surface area (Å²) in [7, 11) is 0. The van der Waals surface area contributed by atoms with Crippen LogP contribution >= 0.6 is 0 Å². The van der Waals surface area contributed by atoms with E-state index in [2.05, 4.69) is 49.9 Å². The summed E-state index contributed by atoms with van der Waals surface area (Å²) in [4.78, 5) is 11.5. The molecule has 0 N–H and O–H groups in total. The maximum Gasteiger partial charge on any atom is 0.226 e. The van der Waals surface area contributed by atoms with Gasteiger partial charge in [-0.05, 0) is 37.8 Å². The topological polar surface area (TPSA) is 60.0 Å². The second kappa shape index (κ2) is 7.27. The van der Waals surface area contributed by atoms with E-state index >= 15 is 0 Å². The van der Waals surface area contributed by atoms with Gasteiger partial charge in [-0.25, -0.2) is 4.98 Å². The van der Waals surface area contributed by atoms with E-state index in [4.69, 9.17) is 9.51 Å². The summed E-state index contributed by atoms with van der Waals surface area (Å²) in [6, 6.07) is 11.9. The van der Waals surface area contributed by atoms with Crippen LogP contribution in [0.15, 0.2) is 53.6 Å². The Morgan fingerprint density at radius 3 is 2.96 bits per heavy atom. The summed E-state index contributed by atoms with van der Waals surface area (Å²) in [6.07, 6.45) is 11.0. The minimum absolute atomic E-state index is 0.379. The number of hydrogen-bond donors (Lipinski definition) is 0. The van der Waals surface area contributed by atoms with E-state index in [1.54, 1.807) is 6.20 Å². The number of nitrogens with zero attached hydrogens (tertiary/aromatic N) is 5. The first kappa shape index (κ1) is 16.7. The fourth-order valence-corrected chi connectivity index (χ4v) is 4.80. The Kier molecular flexibility index (Phi) is 4.49. The monoisotopic (exact) mass is 363 g/mol. The summed E-state index contributed by atoms with van der Waals surface area (Å²) >= 11 is 0. The lowest BCUT2D eigenvalue weighted by Gasteiger charge is -2.24. The van der Waals surface area contributed by atoms with Crippen molar-refractivity contribution in [2.75, 3.05) is 6.54 Å². The normalized spacial score (nSPS) is 25.1. The maximum atomic E-state index is 5.58. The minimum atomic E-state index is 0.379. The molecular weight excluding hydrogens is 338 g/mol. The summed E-state index contributed by atoms with van der Waals surface area (Å²) in [5, 5.41) is 4.37. The molecule has 0 amide bonds. The average molecular weight is 363 g/mol. The van der Waals surface area contributed by atoms with Gasteiger partial charge in [-0.3, -0.25) is 4.90 Å². The Labute approximate surface area is 159 Å². The van der Waals surface area contributed by atoms with Gasteiger partial charge in [0.1, 0.15) is 0 Å². The number of hydrogen-bond acceptors (Lipinski definition) is 5. The van der Waals surface area contributed by atoms with Gasteiger partial charge in [-0.2, -0.15) is 4.98 Å². The molecule has 6 nitrogen and oxygen atoms in total. The van der Waals surface area contributed by atoms with Crippen LogP contribution in [0.5, 0.6) is 0 Å². The van der Waals surface area contributed by atoms with Crippen LogP contribution in [0.1, 0.15) is 54.9 Å².